The zero-order chi connectivity index (χ0) is 40.4. The largest absolute Gasteiger partial charge is 0.479 e. The number of aliphatic hydroxyl groups excluding tert-OH is 3. The molecule has 1 aliphatic rings. The summed E-state index contributed by atoms with van der Waals surface area (Å²) in [6.07, 6.45) is 25.8. The highest BCUT2D eigenvalue weighted by molar-refractivity contribution is 5.73. The summed E-state index contributed by atoms with van der Waals surface area (Å²) in [5.41, 5.74) is 0. The molecule has 1 aliphatic heterocycles. The van der Waals surface area contributed by atoms with Crippen LogP contribution in [0.3, 0.4) is 0 Å². The van der Waals surface area contributed by atoms with E-state index in [1.54, 1.807) is 0 Å². The Morgan fingerprint density at radius 1 is 0.491 bits per heavy atom. The fourth-order valence-electron chi connectivity index (χ4n) is 7.12. The first kappa shape index (κ1) is 51.2. The fraction of sp³-hybridized carbons (Fsp3) is 0.932. The van der Waals surface area contributed by atoms with Gasteiger partial charge in [0.05, 0.1) is 6.61 Å². The smallest absolute Gasteiger partial charge is 0.335 e. The van der Waals surface area contributed by atoms with Crippen molar-refractivity contribution in [3.05, 3.63) is 0 Å². The van der Waals surface area contributed by atoms with Gasteiger partial charge >= 0.3 is 17.9 Å². The number of ether oxygens (including phenoxy) is 4. The maximum atomic E-state index is 12.7. The Morgan fingerprint density at radius 3 is 1.24 bits per heavy atom. The second kappa shape index (κ2) is 35.4. The van der Waals surface area contributed by atoms with Crippen molar-refractivity contribution in [3.8, 4) is 0 Å². The Morgan fingerprint density at radius 2 is 0.855 bits per heavy atom. The number of hydrogen-bond acceptors (Lipinski definition) is 10. The summed E-state index contributed by atoms with van der Waals surface area (Å²) in [7, 11) is 0. The van der Waals surface area contributed by atoms with Gasteiger partial charge < -0.3 is 39.4 Å². The van der Waals surface area contributed by atoms with Crippen LogP contribution < -0.4 is 0 Å². The van der Waals surface area contributed by atoms with Crippen molar-refractivity contribution in [2.75, 3.05) is 13.2 Å². The molecule has 0 amide bonds. The van der Waals surface area contributed by atoms with Gasteiger partial charge in [-0.1, -0.05) is 187 Å². The highest BCUT2D eigenvalue weighted by Gasteiger charge is 2.47. The van der Waals surface area contributed by atoms with Crippen molar-refractivity contribution in [2.45, 2.75) is 250 Å². The third kappa shape index (κ3) is 27.5. The molecule has 0 aromatic rings. The van der Waals surface area contributed by atoms with Gasteiger partial charge in [0.1, 0.15) is 24.9 Å². The van der Waals surface area contributed by atoms with Gasteiger partial charge in [0, 0.05) is 12.8 Å². The number of hydrogen-bond donors (Lipinski definition) is 4. The van der Waals surface area contributed by atoms with Gasteiger partial charge in [-0.2, -0.15) is 0 Å². The second-order valence-electron chi connectivity index (χ2n) is 15.9. The van der Waals surface area contributed by atoms with E-state index in [0.29, 0.717) is 12.8 Å². The molecule has 6 atom stereocenters. The zero-order valence-electron chi connectivity index (χ0n) is 34.9. The highest BCUT2D eigenvalue weighted by Crippen LogP contribution is 2.23. The lowest BCUT2D eigenvalue weighted by Crippen LogP contribution is -2.60. The second-order valence-corrected chi connectivity index (χ2v) is 15.9. The molecule has 0 saturated carbocycles. The van der Waals surface area contributed by atoms with Crippen LogP contribution in [0.25, 0.3) is 0 Å². The molecule has 0 aliphatic carbocycles. The van der Waals surface area contributed by atoms with E-state index in [0.717, 1.165) is 38.5 Å². The molecule has 0 spiro atoms. The number of esters is 2. The molecule has 1 heterocycles. The minimum atomic E-state index is -1.85. The summed E-state index contributed by atoms with van der Waals surface area (Å²) < 4.78 is 21.7. The van der Waals surface area contributed by atoms with Crippen LogP contribution in [0.4, 0.5) is 0 Å². The van der Waals surface area contributed by atoms with Gasteiger partial charge in [-0.25, -0.2) is 4.79 Å². The molecule has 1 rings (SSSR count). The molecule has 0 bridgehead atoms. The van der Waals surface area contributed by atoms with Crippen LogP contribution in [-0.4, -0.2) is 88.4 Å². The lowest BCUT2D eigenvalue weighted by atomic mass is 9.99. The standard InChI is InChI=1S/C44H82O11/c1-3-5-7-9-11-13-15-17-19-21-22-24-26-28-30-32-37(45)52-34-36(35-53-44-41(49)39(47)40(48)42(55-44)43(50)51)54-38(46)33-31-29-27-25-23-20-18-16-14-12-10-8-6-4-2/h36,39-42,44,47-49H,3-35H2,1-2H3,(H,50,51). The van der Waals surface area contributed by atoms with E-state index in [1.165, 1.54) is 135 Å². The summed E-state index contributed by atoms with van der Waals surface area (Å²) in [5, 5.41) is 39.8. The van der Waals surface area contributed by atoms with Crippen LogP contribution in [0.5, 0.6) is 0 Å². The minimum absolute atomic E-state index is 0.191. The normalized spacial score (nSPS) is 20.3. The molecule has 1 fully saturated rings. The zero-order valence-corrected chi connectivity index (χ0v) is 34.9. The van der Waals surface area contributed by atoms with E-state index < -0.39 is 54.7 Å². The van der Waals surface area contributed by atoms with Crippen molar-refractivity contribution in [2.24, 2.45) is 0 Å². The Balaban J connectivity index is 2.35. The first-order valence-corrected chi connectivity index (χ1v) is 22.6. The molecule has 4 N–H and O–H groups in total. The summed E-state index contributed by atoms with van der Waals surface area (Å²) in [6.45, 7) is 3.83. The number of carbonyl (C=O) groups excluding carboxylic acids is 2. The van der Waals surface area contributed by atoms with E-state index in [2.05, 4.69) is 13.8 Å². The van der Waals surface area contributed by atoms with Crippen LogP contribution in [-0.2, 0) is 33.3 Å². The number of rotatable bonds is 38. The van der Waals surface area contributed by atoms with Crippen LogP contribution in [0.2, 0.25) is 0 Å². The molecule has 1 saturated heterocycles. The molecule has 0 aromatic carbocycles. The lowest BCUT2D eigenvalue weighted by Gasteiger charge is -2.38. The number of unbranched alkanes of at least 4 members (excludes halogenated alkanes) is 27. The molecule has 11 nitrogen and oxygen atoms in total. The maximum Gasteiger partial charge on any atom is 0.335 e. The Hall–Kier alpha value is -1.79. The topological polar surface area (TPSA) is 169 Å². The highest BCUT2D eigenvalue weighted by atomic mass is 16.7. The van der Waals surface area contributed by atoms with Gasteiger partial charge in [-0.15, -0.1) is 0 Å². The Bertz CT molecular complexity index is 931. The number of aliphatic hydroxyl groups is 3. The maximum absolute atomic E-state index is 12.7. The molecule has 55 heavy (non-hydrogen) atoms. The average Bonchev–Trinajstić information content (AvgIpc) is 3.17. The van der Waals surface area contributed by atoms with E-state index >= 15 is 0 Å². The lowest BCUT2D eigenvalue weighted by molar-refractivity contribution is -0.298. The van der Waals surface area contributed by atoms with Crippen molar-refractivity contribution < 1.29 is 53.8 Å². The quantitative estimate of drug-likeness (QED) is 0.0347. The number of carboxylic acid groups (broad SMARTS) is 1. The van der Waals surface area contributed by atoms with E-state index in [-0.39, 0.29) is 26.1 Å². The van der Waals surface area contributed by atoms with Crippen molar-refractivity contribution >= 4 is 17.9 Å². The molecule has 6 unspecified atom stereocenters. The van der Waals surface area contributed by atoms with Crippen LogP contribution >= 0.6 is 0 Å². The molecular formula is C44H82O11. The van der Waals surface area contributed by atoms with Gasteiger partial charge in [0.15, 0.2) is 18.5 Å². The minimum Gasteiger partial charge on any atom is -0.479 e. The van der Waals surface area contributed by atoms with Crippen LogP contribution in [0.15, 0.2) is 0 Å². The van der Waals surface area contributed by atoms with Gasteiger partial charge in [-0.3, -0.25) is 9.59 Å². The first-order chi connectivity index (χ1) is 26.7. The van der Waals surface area contributed by atoms with E-state index in [4.69, 9.17) is 18.9 Å². The molecule has 0 aromatic heterocycles. The van der Waals surface area contributed by atoms with Gasteiger partial charge in [-0.05, 0) is 12.8 Å². The van der Waals surface area contributed by atoms with Crippen molar-refractivity contribution in [1.82, 2.24) is 0 Å². The summed E-state index contributed by atoms with van der Waals surface area (Å²) >= 11 is 0. The fourth-order valence-corrected chi connectivity index (χ4v) is 7.12. The van der Waals surface area contributed by atoms with Gasteiger partial charge in [0.25, 0.3) is 0 Å². The summed E-state index contributed by atoms with van der Waals surface area (Å²) in [4.78, 5) is 36.8. The molecular weight excluding hydrogens is 704 g/mol. The monoisotopic (exact) mass is 787 g/mol. The van der Waals surface area contributed by atoms with Crippen molar-refractivity contribution in [3.63, 3.8) is 0 Å². The van der Waals surface area contributed by atoms with E-state index in [9.17, 15) is 34.8 Å². The third-order valence-electron chi connectivity index (χ3n) is 10.7. The summed E-state index contributed by atoms with van der Waals surface area (Å²) in [6, 6.07) is 0. The number of carboxylic acids is 1. The average molecular weight is 787 g/mol. The van der Waals surface area contributed by atoms with Gasteiger partial charge in [0.2, 0.25) is 0 Å². The number of aliphatic carboxylic acids is 1. The van der Waals surface area contributed by atoms with E-state index in [1.807, 2.05) is 0 Å². The van der Waals surface area contributed by atoms with Crippen LogP contribution in [0.1, 0.15) is 213 Å². The summed E-state index contributed by atoms with van der Waals surface area (Å²) in [5.74, 6) is -2.42. The predicted molar refractivity (Wildman–Crippen MR) is 216 cm³/mol. The number of carbonyl (C=O) groups is 3. The first-order valence-electron chi connectivity index (χ1n) is 22.6. The molecule has 0 radical (unpaired) electrons. The van der Waals surface area contributed by atoms with Crippen LogP contribution in [0, 0.1) is 0 Å². The third-order valence-corrected chi connectivity index (χ3v) is 10.7. The van der Waals surface area contributed by atoms with Crippen molar-refractivity contribution in [1.29, 1.82) is 0 Å². The predicted octanol–water partition coefficient (Wildman–Crippen LogP) is 9.48. The Kier molecular flexibility index (Phi) is 33.0. The Labute approximate surface area is 334 Å². The SMILES string of the molecule is CCCCCCCCCCCCCCCCCC(=O)OCC(COC1OC(C(=O)O)C(O)C(O)C1O)OC(=O)CCCCCCCCCCCCCCCC. The molecule has 11 heteroatoms. The molecule has 324 valence electrons.